The van der Waals surface area contributed by atoms with Crippen LogP contribution in [0.25, 0.3) is 22.4 Å². The van der Waals surface area contributed by atoms with Crippen LogP contribution in [-0.2, 0) is 4.74 Å². The highest BCUT2D eigenvalue weighted by molar-refractivity contribution is 6.01. The van der Waals surface area contributed by atoms with Crippen molar-refractivity contribution in [1.29, 1.82) is 0 Å². The minimum Gasteiger partial charge on any atom is -0.496 e. The van der Waals surface area contributed by atoms with E-state index in [1.807, 2.05) is 25.1 Å². The monoisotopic (exact) mass is 381 g/mol. The molecule has 0 aliphatic rings. The first-order chi connectivity index (χ1) is 13.5. The molecule has 0 saturated heterocycles. The number of esters is 1. The van der Waals surface area contributed by atoms with E-state index < -0.39 is 5.97 Å². The Kier molecular flexibility index (Phi) is 5.54. The third-order valence-corrected chi connectivity index (χ3v) is 4.52. The Labute approximate surface area is 163 Å². The Morgan fingerprint density at radius 1 is 1.14 bits per heavy atom. The van der Waals surface area contributed by atoms with E-state index in [9.17, 15) is 4.79 Å². The van der Waals surface area contributed by atoms with Crippen LogP contribution in [0.2, 0.25) is 0 Å². The lowest BCUT2D eigenvalue weighted by Crippen LogP contribution is -2.18. The van der Waals surface area contributed by atoms with E-state index in [2.05, 4.69) is 4.98 Å². The van der Waals surface area contributed by atoms with Crippen LogP contribution in [0.1, 0.15) is 23.0 Å². The molecule has 3 rings (SSSR count). The number of rotatable bonds is 6. The summed E-state index contributed by atoms with van der Waals surface area (Å²) in [6.45, 7) is 3.95. The van der Waals surface area contributed by atoms with Crippen molar-refractivity contribution in [2.45, 2.75) is 13.8 Å². The molecular weight excluding hydrogens is 358 g/mol. The van der Waals surface area contributed by atoms with E-state index >= 15 is 0 Å². The number of methoxy groups -OCH3 is 2. The second-order valence-corrected chi connectivity index (χ2v) is 6.11. The van der Waals surface area contributed by atoms with Crippen molar-refractivity contribution in [2.75, 3.05) is 26.7 Å². The van der Waals surface area contributed by atoms with Gasteiger partial charge in [0.1, 0.15) is 11.5 Å². The minimum atomic E-state index is -0.510. The van der Waals surface area contributed by atoms with Gasteiger partial charge in [0.15, 0.2) is 5.69 Å². The van der Waals surface area contributed by atoms with Crippen molar-refractivity contribution in [3.63, 3.8) is 0 Å². The number of pyridine rings is 1. The molecule has 2 N–H and O–H groups in total. The fraction of sp³-hybridized carbons (Fsp3) is 0.238. The standard InChI is InChI=1S/C21H23N3O4/c1-5-28-21(25)20-19(17-10-9-14(26-3)11-23-17)16(12-24(20)22)15-7-6-8-18(27-4)13(15)2/h6-12H,5,22H2,1-4H3. The van der Waals surface area contributed by atoms with Crippen LogP contribution in [0.5, 0.6) is 11.5 Å². The molecule has 0 aliphatic heterocycles. The topological polar surface area (TPSA) is 88.6 Å². The Morgan fingerprint density at radius 3 is 2.54 bits per heavy atom. The first-order valence-electron chi connectivity index (χ1n) is 8.83. The van der Waals surface area contributed by atoms with Crippen LogP contribution in [0, 0.1) is 6.92 Å². The molecule has 2 aromatic heterocycles. The average Bonchev–Trinajstić information content (AvgIpc) is 3.05. The number of nitrogens with two attached hydrogens (primary N) is 1. The van der Waals surface area contributed by atoms with Crippen molar-refractivity contribution in [2.24, 2.45) is 0 Å². The Morgan fingerprint density at radius 2 is 1.93 bits per heavy atom. The van der Waals surface area contributed by atoms with Gasteiger partial charge in [0.05, 0.1) is 32.7 Å². The second kappa shape index (κ2) is 8.04. The zero-order valence-corrected chi connectivity index (χ0v) is 16.4. The van der Waals surface area contributed by atoms with Gasteiger partial charge in [-0.05, 0) is 43.2 Å². The summed E-state index contributed by atoms with van der Waals surface area (Å²) in [5.41, 5.74) is 4.00. The number of aromatic nitrogens is 2. The van der Waals surface area contributed by atoms with Gasteiger partial charge >= 0.3 is 5.97 Å². The van der Waals surface area contributed by atoms with Gasteiger partial charge < -0.3 is 20.1 Å². The molecule has 0 atom stereocenters. The second-order valence-electron chi connectivity index (χ2n) is 6.11. The number of carbonyl (C=O) groups excluding carboxylic acids is 1. The lowest BCUT2D eigenvalue weighted by Gasteiger charge is -2.12. The number of benzene rings is 1. The molecule has 7 nitrogen and oxygen atoms in total. The van der Waals surface area contributed by atoms with Crippen LogP contribution in [0.15, 0.2) is 42.7 Å². The maximum absolute atomic E-state index is 12.6. The molecule has 2 heterocycles. The van der Waals surface area contributed by atoms with Gasteiger partial charge in [0.2, 0.25) is 0 Å². The molecule has 0 amide bonds. The summed E-state index contributed by atoms with van der Waals surface area (Å²) in [6.07, 6.45) is 3.30. The molecular formula is C21H23N3O4. The molecule has 0 radical (unpaired) electrons. The number of nitrogen functional groups attached to an aromatic ring is 1. The van der Waals surface area contributed by atoms with Crippen molar-refractivity contribution in [3.05, 3.63) is 54.0 Å². The van der Waals surface area contributed by atoms with Crippen LogP contribution < -0.4 is 15.3 Å². The fourth-order valence-corrected chi connectivity index (χ4v) is 3.17. The lowest BCUT2D eigenvalue weighted by molar-refractivity contribution is 0.0517. The van der Waals surface area contributed by atoms with E-state index in [4.69, 9.17) is 20.1 Å². The van der Waals surface area contributed by atoms with Crippen LogP contribution in [0.4, 0.5) is 0 Å². The van der Waals surface area contributed by atoms with Crippen molar-refractivity contribution in [3.8, 4) is 33.9 Å². The summed E-state index contributed by atoms with van der Waals surface area (Å²) in [5.74, 6) is 7.01. The Hall–Kier alpha value is -3.48. The van der Waals surface area contributed by atoms with Gasteiger partial charge in [-0.25, -0.2) is 4.79 Å². The summed E-state index contributed by atoms with van der Waals surface area (Å²) in [6, 6.07) is 9.30. The van der Waals surface area contributed by atoms with Crippen molar-refractivity contribution in [1.82, 2.24) is 9.66 Å². The Balaban J connectivity index is 2.28. The minimum absolute atomic E-state index is 0.233. The zero-order valence-electron chi connectivity index (χ0n) is 16.4. The smallest absolute Gasteiger partial charge is 0.357 e. The van der Waals surface area contributed by atoms with Crippen molar-refractivity contribution >= 4 is 5.97 Å². The first-order valence-corrected chi connectivity index (χ1v) is 8.83. The van der Waals surface area contributed by atoms with Crippen LogP contribution in [-0.4, -0.2) is 36.5 Å². The summed E-state index contributed by atoms with van der Waals surface area (Å²) >= 11 is 0. The summed E-state index contributed by atoms with van der Waals surface area (Å²) in [4.78, 5) is 17.1. The maximum Gasteiger partial charge on any atom is 0.357 e. The lowest BCUT2D eigenvalue weighted by atomic mass is 9.96. The first kappa shape index (κ1) is 19.3. The third kappa shape index (κ3) is 3.38. The highest BCUT2D eigenvalue weighted by Gasteiger charge is 2.26. The van der Waals surface area contributed by atoms with Gasteiger partial charge in [-0.1, -0.05) is 12.1 Å². The molecule has 1 aromatic carbocycles. The highest BCUT2D eigenvalue weighted by Crippen LogP contribution is 2.39. The summed E-state index contributed by atoms with van der Waals surface area (Å²) in [5, 5.41) is 0. The molecule has 28 heavy (non-hydrogen) atoms. The van der Waals surface area contributed by atoms with Crippen LogP contribution >= 0.6 is 0 Å². The number of hydrogen-bond acceptors (Lipinski definition) is 6. The van der Waals surface area contributed by atoms with Gasteiger partial charge in [-0.3, -0.25) is 9.66 Å². The Bertz CT molecular complexity index is 994. The van der Waals surface area contributed by atoms with Gasteiger partial charge in [0, 0.05) is 17.3 Å². The molecule has 0 saturated carbocycles. The average molecular weight is 381 g/mol. The number of hydrogen-bond donors (Lipinski definition) is 1. The predicted molar refractivity (Wildman–Crippen MR) is 107 cm³/mol. The molecule has 0 bridgehead atoms. The van der Waals surface area contributed by atoms with E-state index in [0.29, 0.717) is 17.0 Å². The van der Waals surface area contributed by atoms with E-state index in [-0.39, 0.29) is 12.3 Å². The van der Waals surface area contributed by atoms with Gasteiger partial charge in [-0.2, -0.15) is 0 Å². The number of carbonyl (C=O) groups is 1. The van der Waals surface area contributed by atoms with E-state index in [1.54, 1.807) is 45.7 Å². The molecule has 0 aliphatic carbocycles. The molecule has 3 aromatic rings. The summed E-state index contributed by atoms with van der Waals surface area (Å²) < 4.78 is 17.1. The molecule has 7 heteroatoms. The highest BCUT2D eigenvalue weighted by atomic mass is 16.5. The third-order valence-electron chi connectivity index (χ3n) is 4.52. The van der Waals surface area contributed by atoms with Gasteiger partial charge in [0.25, 0.3) is 0 Å². The predicted octanol–water partition coefficient (Wildman–Crippen LogP) is 3.43. The maximum atomic E-state index is 12.6. The van der Waals surface area contributed by atoms with Crippen LogP contribution in [0.3, 0.4) is 0 Å². The number of nitrogens with zero attached hydrogens (tertiary/aromatic N) is 2. The van der Waals surface area contributed by atoms with Gasteiger partial charge in [-0.15, -0.1) is 0 Å². The van der Waals surface area contributed by atoms with E-state index in [0.717, 1.165) is 22.4 Å². The largest absolute Gasteiger partial charge is 0.496 e. The molecule has 0 spiro atoms. The molecule has 0 unspecified atom stereocenters. The summed E-state index contributed by atoms with van der Waals surface area (Å²) in [7, 11) is 3.19. The normalized spacial score (nSPS) is 10.6. The fourth-order valence-electron chi connectivity index (χ4n) is 3.17. The molecule has 0 fully saturated rings. The van der Waals surface area contributed by atoms with Crippen molar-refractivity contribution < 1.29 is 19.0 Å². The molecule has 146 valence electrons. The number of ether oxygens (including phenoxy) is 3. The van der Waals surface area contributed by atoms with E-state index in [1.165, 1.54) is 4.68 Å². The quantitative estimate of drug-likeness (QED) is 0.520. The SMILES string of the molecule is CCOC(=O)c1c(-c2ccc(OC)cn2)c(-c2cccc(OC)c2C)cn1N. The zero-order chi connectivity index (χ0) is 20.3.